The molecule has 2 atom stereocenters. The average molecular weight is 382 g/mol. The molecule has 6 nitrogen and oxygen atoms in total. The maximum Gasteiger partial charge on any atom is 0.319 e. The highest BCUT2D eigenvalue weighted by molar-refractivity contribution is 5.84. The molecule has 0 aromatic heterocycles. The molecule has 148 valence electrons. The van der Waals surface area contributed by atoms with Gasteiger partial charge in [-0.15, -0.1) is 0 Å². The van der Waals surface area contributed by atoms with Crippen LogP contribution in [-0.2, 0) is 11.2 Å². The molecule has 0 radical (unpaired) electrons. The van der Waals surface area contributed by atoms with Crippen LogP contribution in [0.3, 0.4) is 0 Å². The zero-order chi connectivity index (χ0) is 19.7. The van der Waals surface area contributed by atoms with E-state index in [1.165, 1.54) is 0 Å². The molecule has 2 aromatic carbocycles. The van der Waals surface area contributed by atoms with Gasteiger partial charge < -0.3 is 24.4 Å². The third kappa shape index (κ3) is 3.52. The number of fused-ring (bicyclic) bond motifs is 1. The molecule has 2 aromatic rings. The number of rotatable bonds is 4. The molecule has 0 aliphatic carbocycles. The second-order valence-corrected chi connectivity index (χ2v) is 7.39. The van der Waals surface area contributed by atoms with E-state index in [0.29, 0.717) is 29.7 Å². The predicted molar refractivity (Wildman–Crippen MR) is 108 cm³/mol. The number of hydrogen-bond donors (Lipinski definition) is 1. The summed E-state index contributed by atoms with van der Waals surface area (Å²) in [5, 5.41) is 3.45. The molecule has 1 N–H and O–H groups in total. The Morgan fingerprint density at radius 1 is 1.11 bits per heavy atom. The molecule has 2 aliphatic rings. The highest BCUT2D eigenvalue weighted by Gasteiger charge is 2.31. The van der Waals surface area contributed by atoms with E-state index in [1.807, 2.05) is 24.3 Å². The van der Waals surface area contributed by atoms with Gasteiger partial charge in [-0.25, -0.2) is 0 Å². The Bertz CT molecular complexity index is 883. The van der Waals surface area contributed by atoms with Crippen LogP contribution in [0.25, 0.3) is 0 Å². The van der Waals surface area contributed by atoms with Crippen LogP contribution in [0.5, 0.6) is 17.2 Å². The number of anilines is 1. The van der Waals surface area contributed by atoms with Crippen LogP contribution in [0.15, 0.2) is 36.4 Å². The van der Waals surface area contributed by atoms with Crippen LogP contribution >= 0.6 is 0 Å². The Labute approximate surface area is 165 Å². The van der Waals surface area contributed by atoms with Gasteiger partial charge in [0.25, 0.3) is 0 Å². The van der Waals surface area contributed by atoms with E-state index in [0.717, 1.165) is 36.4 Å². The van der Waals surface area contributed by atoms with Gasteiger partial charge in [0.1, 0.15) is 5.75 Å². The van der Waals surface area contributed by atoms with Crippen molar-refractivity contribution in [3.63, 3.8) is 0 Å². The van der Waals surface area contributed by atoms with E-state index in [2.05, 4.69) is 29.3 Å². The first-order valence-electron chi connectivity index (χ1n) is 9.64. The molecule has 1 unspecified atom stereocenters. The number of nitrogens with one attached hydrogen (secondary N) is 1. The van der Waals surface area contributed by atoms with Crippen LogP contribution in [0.2, 0.25) is 0 Å². The summed E-state index contributed by atoms with van der Waals surface area (Å²) in [6.07, 6.45) is 0.613. The third-order valence-electron chi connectivity index (χ3n) is 5.51. The predicted octanol–water partition coefficient (Wildman–Crippen LogP) is 2.75. The molecule has 0 bridgehead atoms. The molecular formula is C22H26N2O4. The lowest BCUT2D eigenvalue weighted by atomic mass is 9.89. The number of hydrogen-bond acceptors (Lipinski definition) is 6. The smallest absolute Gasteiger partial charge is 0.319 e. The molecule has 1 fully saturated rings. The SMILES string of the molecule is COc1ccc(C2Cc3ccc(N4CCN[C@H](C)C4)cc3OC2=O)cc1OC. The maximum absolute atomic E-state index is 12.7. The maximum atomic E-state index is 12.7. The van der Waals surface area contributed by atoms with Gasteiger partial charge in [0.2, 0.25) is 0 Å². The summed E-state index contributed by atoms with van der Waals surface area (Å²) in [4.78, 5) is 15.1. The first-order chi connectivity index (χ1) is 13.6. The quantitative estimate of drug-likeness (QED) is 0.648. The van der Waals surface area contributed by atoms with Crippen LogP contribution in [0, 0.1) is 0 Å². The van der Waals surface area contributed by atoms with Crippen LogP contribution in [0.1, 0.15) is 24.0 Å². The lowest BCUT2D eigenvalue weighted by Crippen LogP contribution is -2.49. The van der Waals surface area contributed by atoms with Crippen molar-refractivity contribution < 1.29 is 19.0 Å². The lowest BCUT2D eigenvalue weighted by Gasteiger charge is -2.34. The Balaban J connectivity index is 1.58. The fraction of sp³-hybridized carbons (Fsp3) is 0.409. The van der Waals surface area contributed by atoms with Crippen LogP contribution in [0.4, 0.5) is 5.69 Å². The number of carbonyl (C=O) groups excluding carboxylic acids is 1. The Kier molecular flexibility index (Phi) is 5.13. The molecule has 2 aliphatic heterocycles. The second-order valence-electron chi connectivity index (χ2n) is 7.39. The van der Waals surface area contributed by atoms with Gasteiger partial charge in [-0.3, -0.25) is 4.79 Å². The topological polar surface area (TPSA) is 60.0 Å². The molecule has 28 heavy (non-hydrogen) atoms. The highest BCUT2D eigenvalue weighted by Crippen LogP contribution is 2.38. The highest BCUT2D eigenvalue weighted by atomic mass is 16.5. The molecule has 0 saturated carbocycles. The number of nitrogens with zero attached hydrogens (tertiary/aromatic N) is 1. The number of methoxy groups -OCH3 is 2. The molecule has 0 amide bonds. The first-order valence-corrected chi connectivity index (χ1v) is 9.64. The number of esters is 1. The van der Waals surface area contributed by atoms with Crippen molar-refractivity contribution in [2.45, 2.75) is 25.3 Å². The standard InChI is InChI=1S/C22H26N2O4/c1-14-13-24(9-8-23-14)17-6-4-16-10-18(22(25)28-20(16)12-17)15-5-7-19(26-2)21(11-15)27-3/h4-7,11-12,14,18,23H,8-10,13H2,1-3H3/t14-,18?/m1/s1. The fourth-order valence-electron chi connectivity index (χ4n) is 3.98. The van der Waals surface area contributed by atoms with Crippen molar-refractivity contribution in [1.29, 1.82) is 0 Å². The summed E-state index contributed by atoms with van der Waals surface area (Å²) >= 11 is 0. The van der Waals surface area contributed by atoms with Crippen molar-refractivity contribution >= 4 is 11.7 Å². The van der Waals surface area contributed by atoms with Gasteiger partial charge in [-0.05, 0) is 42.7 Å². The summed E-state index contributed by atoms with van der Waals surface area (Å²) in [6, 6.07) is 12.2. The van der Waals surface area contributed by atoms with E-state index < -0.39 is 0 Å². The summed E-state index contributed by atoms with van der Waals surface area (Å²) in [5.74, 6) is 1.35. The fourth-order valence-corrected chi connectivity index (χ4v) is 3.98. The van der Waals surface area contributed by atoms with Crippen molar-refractivity contribution in [3.8, 4) is 17.2 Å². The molecule has 4 rings (SSSR count). The Hall–Kier alpha value is -2.73. The number of benzene rings is 2. The van der Waals surface area contributed by atoms with Gasteiger partial charge >= 0.3 is 5.97 Å². The summed E-state index contributed by atoms with van der Waals surface area (Å²) in [7, 11) is 3.19. The summed E-state index contributed by atoms with van der Waals surface area (Å²) in [5.41, 5.74) is 3.02. The zero-order valence-electron chi connectivity index (χ0n) is 16.5. The van der Waals surface area contributed by atoms with Crippen molar-refractivity contribution in [2.24, 2.45) is 0 Å². The summed E-state index contributed by atoms with van der Waals surface area (Å²) < 4.78 is 16.4. The van der Waals surface area contributed by atoms with Gasteiger partial charge in [0, 0.05) is 37.4 Å². The van der Waals surface area contributed by atoms with Gasteiger partial charge in [0.05, 0.1) is 20.1 Å². The molecule has 2 heterocycles. The minimum absolute atomic E-state index is 0.231. The molecular weight excluding hydrogens is 356 g/mol. The van der Waals surface area contributed by atoms with Gasteiger partial charge in [0.15, 0.2) is 11.5 Å². The average Bonchev–Trinajstić information content (AvgIpc) is 2.72. The van der Waals surface area contributed by atoms with Gasteiger partial charge in [-0.1, -0.05) is 12.1 Å². The number of piperazine rings is 1. The minimum Gasteiger partial charge on any atom is -0.493 e. The van der Waals surface area contributed by atoms with E-state index in [9.17, 15) is 4.79 Å². The van der Waals surface area contributed by atoms with Crippen molar-refractivity contribution in [2.75, 3.05) is 38.8 Å². The van der Waals surface area contributed by atoms with E-state index in [1.54, 1.807) is 14.2 Å². The minimum atomic E-state index is -0.350. The molecule has 0 spiro atoms. The largest absolute Gasteiger partial charge is 0.493 e. The van der Waals surface area contributed by atoms with Crippen molar-refractivity contribution in [3.05, 3.63) is 47.5 Å². The van der Waals surface area contributed by atoms with E-state index >= 15 is 0 Å². The molecule has 1 saturated heterocycles. The number of ether oxygens (including phenoxy) is 3. The Morgan fingerprint density at radius 2 is 1.93 bits per heavy atom. The van der Waals surface area contributed by atoms with E-state index in [4.69, 9.17) is 14.2 Å². The number of carbonyl (C=O) groups is 1. The van der Waals surface area contributed by atoms with Crippen LogP contribution < -0.4 is 24.4 Å². The van der Waals surface area contributed by atoms with E-state index in [-0.39, 0.29) is 11.9 Å². The van der Waals surface area contributed by atoms with Crippen molar-refractivity contribution in [1.82, 2.24) is 5.32 Å². The summed E-state index contributed by atoms with van der Waals surface area (Å²) in [6.45, 7) is 5.03. The zero-order valence-corrected chi connectivity index (χ0v) is 16.5. The van der Waals surface area contributed by atoms with Crippen LogP contribution in [-0.4, -0.2) is 45.9 Å². The molecule has 6 heteroatoms. The monoisotopic (exact) mass is 382 g/mol. The lowest BCUT2D eigenvalue weighted by molar-refractivity contribution is -0.137. The Morgan fingerprint density at radius 3 is 2.68 bits per heavy atom. The normalized spacial score (nSPS) is 21.7. The first kappa shape index (κ1) is 18.6. The second kappa shape index (κ2) is 7.72. The van der Waals surface area contributed by atoms with Gasteiger partial charge in [-0.2, -0.15) is 0 Å². The third-order valence-corrected chi connectivity index (χ3v) is 5.51.